The number of aliphatic hydroxyl groups excluding tert-OH is 2. The van der Waals surface area contributed by atoms with E-state index in [-0.39, 0.29) is 22.9 Å². The van der Waals surface area contributed by atoms with Gasteiger partial charge in [-0.3, -0.25) is 4.79 Å². The Kier molecular flexibility index (Phi) is 5.80. The molecule has 0 fully saturated rings. The molecule has 0 radical (unpaired) electrons. The van der Waals surface area contributed by atoms with Crippen LogP contribution >= 0.6 is 11.6 Å². The lowest BCUT2D eigenvalue weighted by Gasteiger charge is -2.26. The Labute approximate surface area is 144 Å². The molecule has 0 aromatic heterocycles. The molecule has 0 saturated carbocycles. The van der Waals surface area contributed by atoms with Crippen molar-refractivity contribution in [3.63, 3.8) is 0 Å². The maximum Gasteiger partial charge on any atom is 0.258 e. The number of benzene rings is 2. The number of carbonyl (C=O) groups is 1. The highest BCUT2D eigenvalue weighted by Crippen LogP contribution is 2.34. The number of primary amides is 1. The first-order valence-corrected chi connectivity index (χ1v) is 7.57. The molecule has 0 bridgehead atoms. The molecule has 7 heteroatoms. The van der Waals surface area contributed by atoms with Gasteiger partial charge in [0.15, 0.2) is 5.60 Å². The summed E-state index contributed by atoms with van der Waals surface area (Å²) in [4.78, 5) is 11.9. The van der Waals surface area contributed by atoms with Gasteiger partial charge in [0.1, 0.15) is 18.5 Å². The van der Waals surface area contributed by atoms with Gasteiger partial charge >= 0.3 is 0 Å². The Morgan fingerprint density at radius 3 is 2.42 bits per heavy atom. The van der Waals surface area contributed by atoms with Crippen molar-refractivity contribution in [3.05, 3.63) is 64.7 Å². The molecule has 2 aromatic carbocycles. The Balaban J connectivity index is 2.36. The van der Waals surface area contributed by atoms with Crippen molar-refractivity contribution in [3.8, 4) is 5.75 Å². The summed E-state index contributed by atoms with van der Waals surface area (Å²) >= 11 is 6.12. The molecule has 6 nitrogen and oxygen atoms in total. The molecule has 0 aliphatic rings. The van der Waals surface area contributed by atoms with Crippen LogP contribution in [0.4, 0.5) is 0 Å². The Morgan fingerprint density at radius 2 is 1.88 bits per heavy atom. The van der Waals surface area contributed by atoms with E-state index in [4.69, 9.17) is 27.2 Å². The average Bonchev–Trinajstić information content (AvgIpc) is 2.60. The summed E-state index contributed by atoms with van der Waals surface area (Å²) in [5.74, 6) is -0.693. The number of nitrogens with two attached hydrogens (primary N) is 1. The second-order valence-electron chi connectivity index (χ2n) is 5.23. The Bertz CT molecular complexity index is 709. The molecule has 0 aliphatic heterocycles. The summed E-state index contributed by atoms with van der Waals surface area (Å²) in [6, 6.07) is 12.6. The molecule has 128 valence electrons. The number of halogens is 1. The van der Waals surface area contributed by atoms with Crippen LogP contribution in [0, 0.1) is 0 Å². The van der Waals surface area contributed by atoms with Crippen molar-refractivity contribution in [1.82, 2.24) is 0 Å². The fourth-order valence-electron chi connectivity index (χ4n) is 2.21. The van der Waals surface area contributed by atoms with Gasteiger partial charge in [-0.05, 0) is 23.3 Å². The summed E-state index contributed by atoms with van der Waals surface area (Å²) in [7, 11) is 0. The van der Waals surface area contributed by atoms with Crippen LogP contribution in [0.15, 0.2) is 48.5 Å². The molecule has 2 atom stereocenters. The van der Waals surface area contributed by atoms with Gasteiger partial charge in [0.05, 0.1) is 11.6 Å². The molecule has 1 amide bonds. The first kappa shape index (κ1) is 18.2. The van der Waals surface area contributed by atoms with Crippen molar-refractivity contribution in [2.75, 3.05) is 13.2 Å². The number of amides is 1. The molecule has 0 aliphatic carbocycles. The fourth-order valence-corrected chi connectivity index (χ4v) is 2.45. The number of ether oxygens (including phenoxy) is 1. The molecular formula is C17H18ClNO5. The second-order valence-corrected chi connectivity index (χ2v) is 5.64. The van der Waals surface area contributed by atoms with Gasteiger partial charge in [-0.25, -0.2) is 0 Å². The largest absolute Gasteiger partial charge is 0.489 e. The van der Waals surface area contributed by atoms with Gasteiger partial charge in [-0.1, -0.05) is 48.0 Å². The van der Waals surface area contributed by atoms with E-state index in [1.54, 1.807) is 30.3 Å². The molecule has 2 aromatic rings. The van der Waals surface area contributed by atoms with Gasteiger partial charge < -0.3 is 25.8 Å². The molecule has 0 spiro atoms. The number of hydrogen-bond donors (Lipinski definition) is 4. The van der Waals surface area contributed by atoms with Crippen LogP contribution in [0.25, 0.3) is 0 Å². The van der Waals surface area contributed by atoms with Crippen LogP contribution in [0.3, 0.4) is 0 Å². The molecule has 0 saturated heterocycles. The lowest BCUT2D eigenvalue weighted by Crippen LogP contribution is -2.42. The van der Waals surface area contributed by atoms with E-state index >= 15 is 0 Å². The highest BCUT2D eigenvalue weighted by molar-refractivity contribution is 6.32. The highest BCUT2D eigenvalue weighted by Gasteiger charge is 2.38. The summed E-state index contributed by atoms with van der Waals surface area (Å²) < 4.78 is 5.28. The third-order valence-electron chi connectivity index (χ3n) is 3.54. The van der Waals surface area contributed by atoms with E-state index in [2.05, 4.69) is 0 Å². The monoisotopic (exact) mass is 351 g/mol. The van der Waals surface area contributed by atoms with E-state index < -0.39 is 24.2 Å². The Morgan fingerprint density at radius 1 is 1.21 bits per heavy atom. The molecule has 0 heterocycles. The number of rotatable bonds is 7. The maximum absolute atomic E-state index is 11.9. The van der Waals surface area contributed by atoms with Crippen LogP contribution < -0.4 is 10.5 Å². The van der Waals surface area contributed by atoms with Crippen molar-refractivity contribution in [2.45, 2.75) is 11.7 Å². The van der Waals surface area contributed by atoms with E-state index in [9.17, 15) is 15.0 Å². The average molecular weight is 352 g/mol. The van der Waals surface area contributed by atoms with E-state index in [1.807, 2.05) is 0 Å². The van der Waals surface area contributed by atoms with Crippen molar-refractivity contribution >= 4 is 17.5 Å². The standard InChI is InChI=1S/C17H18ClNO5/c18-14-8-12(6-7-15(14)24-10-13(21)9-20)17(23,16(19)22)11-4-2-1-3-5-11/h1-8,13,20-21,23H,9-10H2,(H2,19,22)/t13-,17?/m1/s1. The van der Waals surface area contributed by atoms with Gasteiger partial charge in [0.25, 0.3) is 5.91 Å². The Hall–Kier alpha value is -2.12. The van der Waals surface area contributed by atoms with Crippen LogP contribution in [0.5, 0.6) is 5.75 Å². The zero-order valence-corrected chi connectivity index (χ0v) is 13.5. The third kappa shape index (κ3) is 3.68. The van der Waals surface area contributed by atoms with E-state index in [0.29, 0.717) is 5.56 Å². The zero-order valence-electron chi connectivity index (χ0n) is 12.7. The topological polar surface area (TPSA) is 113 Å². The van der Waals surface area contributed by atoms with E-state index in [1.165, 1.54) is 18.2 Å². The third-order valence-corrected chi connectivity index (χ3v) is 3.84. The second kappa shape index (κ2) is 7.63. The molecule has 5 N–H and O–H groups in total. The van der Waals surface area contributed by atoms with Gasteiger partial charge in [-0.2, -0.15) is 0 Å². The van der Waals surface area contributed by atoms with Crippen LogP contribution in [0.1, 0.15) is 11.1 Å². The normalized spacial score (nSPS) is 14.7. The van der Waals surface area contributed by atoms with Gasteiger partial charge in [0.2, 0.25) is 0 Å². The van der Waals surface area contributed by atoms with Crippen LogP contribution in [-0.2, 0) is 10.4 Å². The lowest BCUT2D eigenvalue weighted by atomic mass is 9.85. The van der Waals surface area contributed by atoms with Crippen molar-refractivity contribution < 1.29 is 24.9 Å². The summed E-state index contributed by atoms with van der Waals surface area (Å²) in [5.41, 5.74) is 3.89. The first-order chi connectivity index (χ1) is 11.4. The highest BCUT2D eigenvalue weighted by atomic mass is 35.5. The summed E-state index contributed by atoms with van der Waals surface area (Å²) in [5, 5.41) is 29.1. The number of hydrogen-bond acceptors (Lipinski definition) is 5. The fraction of sp³-hybridized carbons (Fsp3) is 0.235. The predicted molar refractivity (Wildman–Crippen MR) is 88.7 cm³/mol. The van der Waals surface area contributed by atoms with Crippen molar-refractivity contribution in [1.29, 1.82) is 0 Å². The quantitative estimate of drug-likeness (QED) is 0.589. The SMILES string of the molecule is NC(=O)C(O)(c1ccccc1)c1ccc(OC[C@H](O)CO)c(Cl)c1. The predicted octanol–water partition coefficient (Wildman–Crippen LogP) is 0.793. The zero-order chi connectivity index (χ0) is 17.7. The minimum atomic E-state index is -2.03. The molecule has 2 rings (SSSR count). The van der Waals surface area contributed by atoms with Crippen LogP contribution in [-0.4, -0.2) is 40.5 Å². The maximum atomic E-state index is 11.9. The number of carbonyl (C=O) groups excluding carboxylic acids is 1. The molecule has 1 unspecified atom stereocenters. The minimum absolute atomic E-state index is 0.133. The smallest absolute Gasteiger partial charge is 0.258 e. The van der Waals surface area contributed by atoms with Gasteiger partial charge in [0, 0.05) is 0 Å². The van der Waals surface area contributed by atoms with Gasteiger partial charge in [-0.15, -0.1) is 0 Å². The minimum Gasteiger partial charge on any atom is -0.489 e. The molecule has 24 heavy (non-hydrogen) atoms. The van der Waals surface area contributed by atoms with Crippen molar-refractivity contribution in [2.24, 2.45) is 5.73 Å². The summed E-state index contributed by atoms with van der Waals surface area (Å²) in [6.45, 7) is -0.584. The first-order valence-electron chi connectivity index (χ1n) is 7.19. The number of aliphatic hydroxyl groups is 3. The van der Waals surface area contributed by atoms with E-state index in [0.717, 1.165) is 0 Å². The summed E-state index contributed by atoms with van der Waals surface area (Å²) in [6.07, 6.45) is -1.03. The van der Waals surface area contributed by atoms with Crippen LogP contribution in [0.2, 0.25) is 5.02 Å². The lowest BCUT2D eigenvalue weighted by molar-refractivity contribution is -0.133. The molecular weight excluding hydrogens is 334 g/mol.